The molecule has 0 aliphatic carbocycles. The number of benzene rings is 1. The predicted molar refractivity (Wildman–Crippen MR) is 135 cm³/mol. The van der Waals surface area contributed by atoms with Gasteiger partial charge >= 0.3 is 0 Å². The second kappa shape index (κ2) is 9.87. The molecule has 9 nitrogen and oxygen atoms in total. The van der Waals surface area contributed by atoms with Crippen LogP contribution in [-0.4, -0.2) is 58.0 Å². The highest BCUT2D eigenvalue weighted by molar-refractivity contribution is 5.95. The summed E-state index contributed by atoms with van der Waals surface area (Å²) in [5.41, 5.74) is 3.60. The molecule has 0 bridgehead atoms. The number of anilines is 1. The van der Waals surface area contributed by atoms with Crippen molar-refractivity contribution in [1.82, 2.24) is 19.9 Å². The van der Waals surface area contributed by atoms with Gasteiger partial charge in [0.25, 0.3) is 5.91 Å². The zero-order valence-electron chi connectivity index (χ0n) is 20.3. The van der Waals surface area contributed by atoms with Crippen molar-refractivity contribution in [3.63, 3.8) is 0 Å². The Morgan fingerprint density at radius 2 is 2.11 bits per heavy atom. The number of carbonyl (C=O) groups is 1. The van der Waals surface area contributed by atoms with Crippen LogP contribution in [0.3, 0.4) is 0 Å². The quantitative estimate of drug-likeness (QED) is 0.433. The maximum Gasteiger partial charge on any atom is 0.251 e. The van der Waals surface area contributed by atoms with Crippen molar-refractivity contribution in [3.05, 3.63) is 77.5 Å². The number of nitriles is 1. The van der Waals surface area contributed by atoms with Gasteiger partial charge in [-0.05, 0) is 49.2 Å². The van der Waals surface area contributed by atoms with E-state index in [9.17, 15) is 19.6 Å². The molecule has 3 aromatic heterocycles. The number of halogens is 1. The first kappa shape index (κ1) is 24.2. The zero-order chi connectivity index (χ0) is 26.1. The number of aliphatic hydroxyl groups excluding tert-OH is 1. The van der Waals surface area contributed by atoms with Crippen molar-refractivity contribution in [1.29, 1.82) is 5.26 Å². The van der Waals surface area contributed by atoms with E-state index >= 15 is 0 Å². The number of rotatable bonds is 5. The number of aryl methyl sites for hydroxylation is 1. The number of piperidine rings is 1. The Hall–Kier alpha value is -4.49. The van der Waals surface area contributed by atoms with Crippen LogP contribution < -0.4 is 15.0 Å². The fourth-order valence-electron chi connectivity index (χ4n) is 4.64. The lowest BCUT2D eigenvalue weighted by Gasteiger charge is -2.37. The third-order valence-electron chi connectivity index (χ3n) is 6.67. The SMILES string of the molecule is COc1cc(-c2ccc(N3CC[C@H](NC(=O)c4cc(F)ccc4C)[C@H](O)C3)nc2)c2c(C#N)cnn2c1. The van der Waals surface area contributed by atoms with Crippen LogP contribution in [0.4, 0.5) is 10.2 Å². The summed E-state index contributed by atoms with van der Waals surface area (Å²) in [6, 6.07) is 11.4. The number of nitrogens with zero attached hydrogens (tertiary/aromatic N) is 5. The molecule has 1 amide bonds. The summed E-state index contributed by atoms with van der Waals surface area (Å²) in [6.07, 6.45) is 4.62. The summed E-state index contributed by atoms with van der Waals surface area (Å²) < 4.78 is 20.6. The summed E-state index contributed by atoms with van der Waals surface area (Å²) in [4.78, 5) is 19.2. The average Bonchev–Trinajstić information content (AvgIpc) is 3.34. The number of pyridine rings is 2. The second-order valence-corrected chi connectivity index (χ2v) is 9.00. The lowest BCUT2D eigenvalue weighted by molar-refractivity contribution is 0.0796. The van der Waals surface area contributed by atoms with Crippen LogP contribution in [0.15, 0.2) is 55.0 Å². The molecule has 1 saturated heterocycles. The number of nitrogens with one attached hydrogen (secondary N) is 1. The van der Waals surface area contributed by atoms with Gasteiger partial charge in [-0.25, -0.2) is 13.9 Å². The lowest BCUT2D eigenvalue weighted by atomic mass is 10.00. The Labute approximate surface area is 212 Å². The van der Waals surface area contributed by atoms with Gasteiger partial charge in [-0.3, -0.25) is 4.79 Å². The lowest BCUT2D eigenvalue weighted by Crippen LogP contribution is -2.54. The van der Waals surface area contributed by atoms with E-state index < -0.39 is 23.9 Å². The van der Waals surface area contributed by atoms with Crippen LogP contribution in [-0.2, 0) is 0 Å². The minimum Gasteiger partial charge on any atom is -0.495 e. The van der Waals surface area contributed by atoms with E-state index in [0.717, 1.165) is 11.1 Å². The Morgan fingerprint density at radius 3 is 2.81 bits per heavy atom. The van der Waals surface area contributed by atoms with Crippen LogP contribution in [0, 0.1) is 24.1 Å². The Balaban J connectivity index is 1.31. The van der Waals surface area contributed by atoms with Crippen LogP contribution in [0.5, 0.6) is 5.75 Å². The minimum atomic E-state index is -0.823. The van der Waals surface area contributed by atoms with E-state index in [2.05, 4.69) is 21.5 Å². The molecule has 0 radical (unpaired) electrons. The predicted octanol–water partition coefficient (Wildman–Crippen LogP) is 3.09. The Bertz CT molecular complexity index is 1510. The maximum absolute atomic E-state index is 13.6. The van der Waals surface area contributed by atoms with Crippen molar-refractivity contribution >= 4 is 17.2 Å². The van der Waals surface area contributed by atoms with Crippen LogP contribution in [0.25, 0.3) is 16.6 Å². The third-order valence-corrected chi connectivity index (χ3v) is 6.67. The molecule has 37 heavy (non-hydrogen) atoms. The normalized spacial score (nSPS) is 17.4. The van der Waals surface area contributed by atoms with E-state index in [1.165, 1.54) is 18.3 Å². The van der Waals surface area contributed by atoms with Crippen LogP contribution in [0.1, 0.15) is 27.9 Å². The van der Waals surface area contributed by atoms with Gasteiger partial charge in [0.1, 0.15) is 23.5 Å². The highest BCUT2D eigenvalue weighted by atomic mass is 19.1. The molecular formula is C27H25FN6O3. The molecule has 1 aliphatic rings. The van der Waals surface area contributed by atoms with Crippen molar-refractivity contribution in [2.45, 2.75) is 25.5 Å². The number of methoxy groups -OCH3 is 1. The molecule has 1 fully saturated rings. The van der Waals surface area contributed by atoms with Gasteiger partial charge < -0.3 is 20.1 Å². The molecule has 1 aromatic carbocycles. The molecule has 2 N–H and O–H groups in total. The summed E-state index contributed by atoms with van der Waals surface area (Å²) in [7, 11) is 1.57. The van der Waals surface area contributed by atoms with Crippen molar-refractivity contribution in [2.24, 2.45) is 0 Å². The maximum atomic E-state index is 13.6. The number of ether oxygens (including phenoxy) is 1. The standard InChI is InChI=1S/C27H25FN6O3/c1-16-3-5-19(28)9-21(16)27(36)32-23-7-8-33(15-24(23)35)25-6-4-17(12-30-25)22-10-20(37-2)14-34-26(22)18(11-29)13-31-34/h3-6,9-10,12-14,23-24,35H,7-8,15H2,1-2H3,(H,32,36)/t23-,24+/m0/s1. The van der Waals surface area contributed by atoms with Gasteiger partial charge in [0.05, 0.1) is 42.7 Å². The van der Waals surface area contributed by atoms with Gasteiger partial charge in [-0.2, -0.15) is 10.4 Å². The molecule has 2 atom stereocenters. The molecular weight excluding hydrogens is 475 g/mol. The van der Waals surface area contributed by atoms with Gasteiger partial charge in [-0.1, -0.05) is 6.07 Å². The van der Waals surface area contributed by atoms with E-state index in [-0.39, 0.29) is 12.1 Å². The fraction of sp³-hybridized carbons (Fsp3) is 0.259. The summed E-state index contributed by atoms with van der Waals surface area (Å²) in [5.74, 6) is 0.395. The molecule has 0 unspecified atom stereocenters. The number of aliphatic hydroxyl groups is 1. The fourth-order valence-corrected chi connectivity index (χ4v) is 4.64. The monoisotopic (exact) mass is 500 g/mol. The first-order chi connectivity index (χ1) is 17.9. The third kappa shape index (κ3) is 4.69. The molecule has 10 heteroatoms. The number of hydrogen-bond acceptors (Lipinski definition) is 7. The Kier molecular flexibility index (Phi) is 6.46. The largest absolute Gasteiger partial charge is 0.495 e. The molecule has 4 aromatic rings. The Morgan fingerprint density at radius 1 is 1.27 bits per heavy atom. The summed E-state index contributed by atoms with van der Waals surface area (Å²) in [5, 5.41) is 27.3. The van der Waals surface area contributed by atoms with Gasteiger partial charge in [-0.15, -0.1) is 0 Å². The number of amides is 1. The van der Waals surface area contributed by atoms with Gasteiger partial charge in [0.15, 0.2) is 0 Å². The highest BCUT2D eigenvalue weighted by Gasteiger charge is 2.30. The van der Waals surface area contributed by atoms with Crippen LogP contribution >= 0.6 is 0 Å². The van der Waals surface area contributed by atoms with E-state index in [0.29, 0.717) is 41.2 Å². The topological polar surface area (TPSA) is 116 Å². The highest BCUT2D eigenvalue weighted by Crippen LogP contribution is 2.31. The number of fused-ring (bicyclic) bond motifs is 1. The molecule has 1 aliphatic heterocycles. The zero-order valence-corrected chi connectivity index (χ0v) is 20.3. The summed E-state index contributed by atoms with van der Waals surface area (Å²) in [6.45, 7) is 2.60. The van der Waals surface area contributed by atoms with E-state index in [1.54, 1.807) is 37.0 Å². The minimum absolute atomic E-state index is 0.260. The number of carbonyl (C=O) groups excluding carboxylic acids is 1. The van der Waals surface area contributed by atoms with Crippen molar-refractivity contribution in [3.8, 4) is 22.9 Å². The first-order valence-corrected chi connectivity index (χ1v) is 11.8. The first-order valence-electron chi connectivity index (χ1n) is 11.8. The number of β-amino-alcohol motifs (C(OH)–C–C–N with tert-alkyl or cyclic N) is 1. The molecule has 188 valence electrons. The summed E-state index contributed by atoms with van der Waals surface area (Å²) >= 11 is 0. The van der Waals surface area contributed by atoms with Gasteiger partial charge in [0, 0.05) is 36.0 Å². The van der Waals surface area contributed by atoms with Gasteiger partial charge in [0.2, 0.25) is 0 Å². The smallest absolute Gasteiger partial charge is 0.251 e. The number of aromatic nitrogens is 3. The van der Waals surface area contributed by atoms with Crippen molar-refractivity contribution < 1.29 is 19.0 Å². The van der Waals surface area contributed by atoms with E-state index in [1.807, 2.05) is 23.1 Å². The molecule has 0 spiro atoms. The average molecular weight is 501 g/mol. The number of hydrogen-bond donors (Lipinski definition) is 2. The molecule has 4 heterocycles. The molecule has 5 rings (SSSR count). The van der Waals surface area contributed by atoms with Crippen LogP contribution in [0.2, 0.25) is 0 Å². The second-order valence-electron chi connectivity index (χ2n) is 9.00. The molecule has 0 saturated carbocycles. The van der Waals surface area contributed by atoms with E-state index in [4.69, 9.17) is 4.74 Å². The van der Waals surface area contributed by atoms with Crippen molar-refractivity contribution in [2.75, 3.05) is 25.1 Å².